The van der Waals surface area contributed by atoms with Crippen LogP contribution >= 0.6 is 27.3 Å². The smallest absolute Gasteiger partial charge is 0.211 e. The lowest BCUT2D eigenvalue weighted by Crippen LogP contribution is -2.27. The summed E-state index contributed by atoms with van der Waals surface area (Å²) >= 11 is 5.08. The number of nitrogens with zero attached hydrogens (tertiary/aromatic N) is 3. The molecule has 3 nitrogen and oxygen atoms in total. The van der Waals surface area contributed by atoms with Gasteiger partial charge in [-0.3, -0.25) is 0 Å². The first-order valence-corrected chi connectivity index (χ1v) is 8.48. The van der Waals surface area contributed by atoms with Crippen molar-refractivity contribution in [1.82, 2.24) is 9.88 Å². The first kappa shape index (κ1) is 13.8. The average Bonchev–Trinajstić information content (AvgIpc) is 2.95. The van der Waals surface area contributed by atoms with Crippen molar-refractivity contribution < 1.29 is 0 Å². The van der Waals surface area contributed by atoms with E-state index in [9.17, 15) is 0 Å². The van der Waals surface area contributed by atoms with Crippen LogP contribution < -0.4 is 0 Å². The fourth-order valence-corrected chi connectivity index (χ4v) is 3.33. The Morgan fingerprint density at radius 1 is 1.25 bits per heavy atom. The molecule has 0 unspecified atom stereocenters. The van der Waals surface area contributed by atoms with E-state index in [1.54, 1.807) is 11.3 Å². The standard InChI is InChI=1S/C15H16BrN3S/c16-13-6-4-5-12(9-13)14-10-20-15(18-14)17-11-19-7-2-1-3-8-19/h4-6,9-11H,1-3,7-8H2/b17-11+. The molecule has 2 heterocycles. The van der Waals surface area contributed by atoms with Crippen LogP contribution in [0.5, 0.6) is 0 Å². The minimum atomic E-state index is 0.825. The molecular weight excluding hydrogens is 334 g/mol. The molecule has 0 atom stereocenters. The molecule has 1 aromatic heterocycles. The second-order valence-electron chi connectivity index (χ2n) is 4.87. The van der Waals surface area contributed by atoms with Crippen LogP contribution in [0.4, 0.5) is 5.13 Å². The van der Waals surface area contributed by atoms with E-state index in [1.165, 1.54) is 19.3 Å². The molecule has 0 aliphatic carbocycles. The molecule has 0 radical (unpaired) electrons. The van der Waals surface area contributed by atoms with Gasteiger partial charge in [0.1, 0.15) is 0 Å². The normalized spacial score (nSPS) is 15.9. The summed E-state index contributed by atoms with van der Waals surface area (Å²) in [5, 5.41) is 2.88. The predicted octanol–water partition coefficient (Wildman–Crippen LogP) is 4.72. The lowest BCUT2D eigenvalue weighted by molar-refractivity contribution is 0.351. The Hall–Kier alpha value is -1.20. The van der Waals surface area contributed by atoms with Gasteiger partial charge in [-0.1, -0.05) is 28.1 Å². The quantitative estimate of drug-likeness (QED) is 0.592. The van der Waals surface area contributed by atoms with Crippen molar-refractivity contribution in [3.8, 4) is 11.3 Å². The summed E-state index contributed by atoms with van der Waals surface area (Å²) in [6.07, 6.45) is 5.83. The van der Waals surface area contributed by atoms with E-state index in [-0.39, 0.29) is 0 Å². The van der Waals surface area contributed by atoms with Crippen LogP contribution in [0.1, 0.15) is 19.3 Å². The third-order valence-electron chi connectivity index (χ3n) is 3.33. The highest BCUT2D eigenvalue weighted by Gasteiger charge is 2.07. The van der Waals surface area contributed by atoms with E-state index in [1.807, 2.05) is 18.5 Å². The summed E-state index contributed by atoms with van der Waals surface area (Å²) in [7, 11) is 0. The molecule has 3 rings (SSSR count). The Bertz CT molecular complexity index is 603. The third-order valence-corrected chi connectivity index (χ3v) is 4.58. The molecule has 0 N–H and O–H groups in total. The van der Waals surface area contributed by atoms with E-state index < -0.39 is 0 Å². The molecule has 0 bridgehead atoms. The zero-order valence-corrected chi connectivity index (χ0v) is 13.5. The van der Waals surface area contributed by atoms with Gasteiger partial charge in [0.15, 0.2) is 0 Å². The van der Waals surface area contributed by atoms with Crippen LogP contribution in [0.2, 0.25) is 0 Å². The van der Waals surface area contributed by atoms with Crippen molar-refractivity contribution in [3.05, 3.63) is 34.1 Å². The summed E-state index contributed by atoms with van der Waals surface area (Å²) in [6, 6.07) is 8.19. The van der Waals surface area contributed by atoms with Crippen LogP contribution in [0, 0.1) is 0 Å². The van der Waals surface area contributed by atoms with E-state index >= 15 is 0 Å². The van der Waals surface area contributed by atoms with Crippen molar-refractivity contribution in [2.75, 3.05) is 13.1 Å². The highest BCUT2D eigenvalue weighted by Crippen LogP contribution is 2.28. The zero-order valence-electron chi connectivity index (χ0n) is 11.1. The Morgan fingerprint density at radius 2 is 2.10 bits per heavy atom. The highest BCUT2D eigenvalue weighted by molar-refractivity contribution is 9.10. The SMILES string of the molecule is Brc1cccc(-c2csc(/N=C/N3CCCCC3)n2)c1. The van der Waals surface area contributed by atoms with Crippen molar-refractivity contribution in [3.63, 3.8) is 0 Å². The lowest BCUT2D eigenvalue weighted by Gasteiger charge is -2.23. The van der Waals surface area contributed by atoms with Gasteiger partial charge in [0, 0.05) is 28.5 Å². The van der Waals surface area contributed by atoms with Gasteiger partial charge < -0.3 is 4.90 Å². The summed E-state index contributed by atoms with van der Waals surface area (Å²) < 4.78 is 1.07. The molecule has 5 heteroatoms. The van der Waals surface area contributed by atoms with Crippen LogP contribution in [0.15, 0.2) is 39.1 Å². The number of aliphatic imine (C=N–C) groups is 1. The number of benzene rings is 1. The number of rotatable bonds is 3. The number of thiazole rings is 1. The van der Waals surface area contributed by atoms with Crippen molar-refractivity contribution in [2.45, 2.75) is 19.3 Å². The van der Waals surface area contributed by atoms with Crippen LogP contribution in [0.25, 0.3) is 11.3 Å². The molecule has 1 aliphatic rings. The van der Waals surface area contributed by atoms with Crippen LogP contribution in [0.3, 0.4) is 0 Å². The number of piperidine rings is 1. The first-order chi connectivity index (χ1) is 9.81. The van der Waals surface area contributed by atoms with Gasteiger partial charge in [0.2, 0.25) is 5.13 Å². The molecule has 0 spiro atoms. The van der Waals surface area contributed by atoms with Gasteiger partial charge >= 0.3 is 0 Å². The van der Waals surface area contributed by atoms with Crippen LogP contribution in [-0.4, -0.2) is 29.3 Å². The van der Waals surface area contributed by atoms with Gasteiger partial charge in [0.05, 0.1) is 12.0 Å². The number of hydrogen-bond acceptors (Lipinski definition) is 3. The predicted molar refractivity (Wildman–Crippen MR) is 88.8 cm³/mol. The fraction of sp³-hybridized carbons (Fsp3) is 0.333. The minimum absolute atomic E-state index is 0.825. The number of likely N-dealkylation sites (tertiary alicyclic amines) is 1. The van der Waals surface area contributed by atoms with Gasteiger partial charge in [0.25, 0.3) is 0 Å². The Balaban J connectivity index is 1.71. The maximum atomic E-state index is 4.58. The largest absolute Gasteiger partial charge is 0.363 e. The maximum absolute atomic E-state index is 4.58. The molecule has 0 amide bonds. The molecule has 0 saturated carbocycles. The second-order valence-corrected chi connectivity index (χ2v) is 6.62. The lowest BCUT2D eigenvalue weighted by atomic mass is 10.1. The Morgan fingerprint density at radius 3 is 2.90 bits per heavy atom. The molecular formula is C15H16BrN3S. The van der Waals surface area contributed by atoms with E-state index in [2.05, 4.69) is 48.3 Å². The topological polar surface area (TPSA) is 28.5 Å². The summed E-state index contributed by atoms with van der Waals surface area (Å²) in [4.78, 5) is 11.4. The Kier molecular flexibility index (Phi) is 4.47. The van der Waals surface area contributed by atoms with Crippen molar-refractivity contribution >= 4 is 38.7 Å². The van der Waals surface area contributed by atoms with E-state index in [0.717, 1.165) is 34.0 Å². The van der Waals surface area contributed by atoms with E-state index in [0.29, 0.717) is 0 Å². The number of halogens is 1. The van der Waals surface area contributed by atoms with Gasteiger partial charge in [-0.2, -0.15) is 0 Å². The number of hydrogen-bond donors (Lipinski definition) is 0. The van der Waals surface area contributed by atoms with Gasteiger partial charge in [-0.05, 0) is 31.4 Å². The zero-order chi connectivity index (χ0) is 13.8. The van der Waals surface area contributed by atoms with Crippen molar-refractivity contribution in [1.29, 1.82) is 0 Å². The summed E-state index contributed by atoms with van der Waals surface area (Å²) in [6.45, 7) is 2.24. The second kappa shape index (κ2) is 6.50. The summed E-state index contributed by atoms with van der Waals surface area (Å²) in [5.74, 6) is 0. The number of aromatic nitrogens is 1. The summed E-state index contributed by atoms with van der Waals surface area (Å²) in [5.41, 5.74) is 2.11. The van der Waals surface area contributed by atoms with Gasteiger partial charge in [-0.15, -0.1) is 11.3 Å². The molecule has 1 aliphatic heterocycles. The van der Waals surface area contributed by atoms with Crippen LogP contribution in [-0.2, 0) is 0 Å². The maximum Gasteiger partial charge on any atom is 0.211 e. The highest BCUT2D eigenvalue weighted by atomic mass is 79.9. The Labute approximate surface area is 131 Å². The molecule has 1 fully saturated rings. The van der Waals surface area contributed by atoms with Crippen molar-refractivity contribution in [2.24, 2.45) is 4.99 Å². The molecule has 1 aromatic carbocycles. The van der Waals surface area contributed by atoms with E-state index in [4.69, 9.17) is 0 Å². The average molecular weight is 350 g/mol. The first-order valence-electron chi connectivity index (χ1n) is 6.81. The molecule has 1 saturated heterocycles. The third kappa shape index (κ3) is 3.46. The van der Waals surface area contributed by atoms with Gasteiger partial charge in [-0.25, -0.2) is 9.98 Å². The fourth-order valence-electron chi connectivity index (χ4n) is 2.27. The minimum Gasteiger partial charge on any atom is -0.363 e. The molecule has 104 valence electrons. The molecule has 20 heavy (non-hydrogen) atoms. The molecule has 2 aromatic rings. The monoisotopic (exact) mass is 349 g/mol.